The van der Waals surface area contributed by atoms with E-state index in [9.17, 15) is 4.79 Å². The van der Waals surface area contributed by atoms with Crippen molar-refractivity contribution in [3.8, 4) is 5.75 Å². The number of ketones is 1. The number of rotatable bonds is 2. The zero-order valence-electron chi connectivity index (χ0n) is 9.53. The van der Waals surface area contributed by atoms with Gasteiger partial charge in [0, 0.05) is 6.42 Å². The van der Waals surface area contributed by atoms with Gasteiger partial charge in [-0.2, -0.15) is 0 Å². The maximum Gasteiger partial charge on any atom is 0.232 e. The van der Waals surface area contributed by atoms with Crippen molar-refractivity contribution in [3.05, 3.63) is 53.0 Å². The number of benzene rings is 1. The normalized spacial score (nSPS) is 13.2. The van der Waals surface area contributed by atoms with E-state index in [0.29, 0.717) is 23.7 Å². The Hall–Kier alpha value is -2.03. The second kappa shape index (κ2) is 3.77. The van der Waals surface area contributed by atoms with E-state index in [1.54, 1.807) is 12.1 Å². The van der Waals surface area contributed by atoms with Crippen LogP contribution in [-0.2, 0) is 6.42 Å². The number of aryl methyl sites for hydroxylation is 1. The lowest BCUT2D eigenvalue weighted by Gasteiger charge is -2.05. The summed E-state index contributed by atoms with van der Waals surface area (Å²) in [5.41, 5.74) is 2.55. The fourth-order valence-corrected chi connectivity index (χ4v) is 2.12. The van der Waals surface area contributed by atoms with Crippen molar-refractivity contribution in [2.24, 2.45) is 0 Å². The summed E-state index contributed by atoms with van der Waals surface area (Å²) in [6.45, 7) is 2.51. The van der Waals surface area contributed by atoms with Crippen LogP contribution in [0.2, 0.25) is 0 Å². The quantitative estimate of drug-likeness (QED) is 0.742. The van der Waals surface area contributed by atoms with E-state index in [-0.39, 0.29) is 5.78 Å². The molecule has 0 amide bonds. The van der Waals surface area contributed by atoms with Crippen molar-refractivity contribution in [1.29, 1.82) is 0 Å². The minimum atomic E-state index is -0.105. The number of carbonyl (C=O) groups excluding carboxylic acids is 1. The molecule has 0 atom stereocenters. The Labute approximate surface area is 99.0 Å². The highest BCUT2D eigenvalue weighted by atomic mass is 16.5. The SMILES string of the molecule is Cc1ccoc1C(=O)c1cccc2c1OCC2. The number of ether oxygens (including phenoxy) is 1. The van der Waals surface area contributed by atoms with Crippen LogP contribution in [0.15, 0.2) is 34.9 Å². The second-order valence-electron chi connectivity index (χ2n) is 4.15. The molecule has 1 aliphatic rings. The summed E-state index contributed by atoms with van der Waals surface area (Å²) < 4.78 is 10.8. The van der Waals surface area contributed by atoms with Crippen molar-refractivity contribution in [3.63, 3.8) is 0 Å². The van der Waals surface area contributed by atoms with Crippen LogP contribution >= 0.6 is 0 Å². The number of hydrogen-bond donors (Lipinski definition) is 0. The van der Waals surface area contributed by atoms with Gasteiger partial charge in [-0.25, -0.2) is 0 Å². The molecule has 0 bridgehead atoms. The summed E-state index contributed by atoms with van der Waals surface area (Å²) in [5, 5.41) is 0. The highest BCUT2D eigenvalue weighted by molar-refractivity contribution is 6.10. The molecule has 2 aromatic rings. The molecule has 0 saturated heterocycles. The van der Waals surface area contributed by atoms with E-state index >= 15 is 0 Å². The van der Waals surface area contributed by atoms with Gasteiger partial charge >= 0.3 is 0 Å². The van der Waals surface area contributed by atoms with E-state index in [2.05, 4.69) is 0 Å². The smallest absolute Gasteiger partial charge is 0.232 e. The Kier molecular flexibility index (Phi) is 2.25. The summed E-state index contributed by atoms with van der Waals surface area (Å²) in [6, 6.07) is 7.46. The molecule has 0 radical (unpaired) electrons. The van der Waals surface area contributed by atoms with Crippen molar-refractivity contribution < 1.29 is 13.9 Å². The first-order chi connectivity index (χ1) is 8.27. The first kappa shape index (κ1) is 10.1. The maximum absolute atomic E-state index is 12.3. The van der Waals surface area contributed by atoms with Crippen LogP contribution in [0.5, 0.6) is 5.75 Å². The summed E-state index contributed by atoms with van der Waals surface area (Å²) >= 11 is 0. The van der Waals surface area contributed by atoms with Gasteiger partial charge in [0.15, 0.2) is 5.76 Å². The second-order valence-corrected chi connectivity index (χ2v) is 4.15. The Morgan fingerprint density at radius 3 is 2.94 bits per heavy atom. The topological polar surface area (TPSA) is 39.4 Å². The molecule has 3 heteroatoms. The number of carbonyl (C=O) groups is 1. The van der Waals surface area contributed by atoms with Crippen LogP contribution in [0.3, 0.4) is 0 Å². The van der Waals surface area contributed by atoms with Crippen molar-refractivity contribution in [2.45, 2.75) is 13.3 Å². The minimum absolute atomic E-state index is 0.105. The molecular formula is C14H12O3. The fourth-order valence-electron chi connectivity index (χ4n) is 2.12. The number of hydrogen-bond acceptors (Lipinski definition) is 3. The molecule has 17 heavy (non-hydrogen) atoms. The Morgan fingerprint density at radius 1 is 1.29 bits per heavy atom. The molecule has 1 aromatic carbocycles. The van der Waals surface area contributed by atoms with Gasteiger partial charge in [0.2, 0.25) is 5.78 Å². The number of para-hydroxylation sites is 1. The van der Waals surface area contributed by atoms with Gasteiger partial charge < -0.3 is 9.15 Å². The van der Waals surface area contributed by atoms with E-state index in [1.807, 2.05) is 19.1 Å². The summed E-state index contributed by atoms with van der Waals surface area (Å²) in [4.78, 5) is 12.3. The predicted molar refractivity (Wildman–Crippen MR) is 62.5 cm³/mol. The molecule has 1 aromatic heterocycles. The predicted octanol–water partition coefficient (Wildman–Crippen LogP) is 2.75. The molecule has 0 unspecified atom stereocenters. The van der Waals surface area contributed by atoms with E-state index in [1.165, 1.54) is 6.26 Å². The molecule has 0 aliphatic carbocycles. The molecule has 0 saturated carbocycles. The highest BCUT2D eigenvalue weighted by Gasteiger charge is 2.23. The Bertz CT molecular complexity index is 581. The summed E-state index contributed by atoms with van der Waals surface area (Å²) in [7, 11) is 0. The third-order valence-corrected chi connectivity index (χ3v) is 3.03. The van der Waals surface area contributed by atoms with Gasteiger partial charge in [-0.1, -0.05) is 12.1 Å². The van der Waals surface area contributed by atoms with E-state index in [4.69, 9.17) is 9.15 Å². The van der Waals surface area contributed by atoms with Gasteiger partial charge in [-0.3, -0.25) is 4.79 Å². The van der Waals surface area contributed by atoms with E-state index in [0.717, 1.165) is 17.5 Å². The van der Waals surface area contributed by atoms with Crippen LogP contribution in [0.1, 0.15) is 27.2 Å². The van der Waals surface area contributed by atoms with Crippen molar-refractivity contribution >= 4 is 5.78 Å². The van der Waals surface area contributed by atoms with Crippen LogP contribution in [0.25, 0.3) is 0 Å². The summed E-state index contributed by atoms with van der Waals surface area (Å²) in [6.07, 6.45) is 2.40. The molecule has 1 aliphatic heterocycles. The fraction of sp³-hybridized carbons (Fsp3) is 0.214. The lowest BCUT2D eigenvalue weighted by atomic mass is 10.0. The number of furan rings is 1. The average molecular weight is 228 g/mol. The van der Waals surface area contributed by atoms with Crippen LogP contribution < -0.4 is 4.74 Å². The summed E-state index contributed by atoms with van der Waals surface area (Å²) in [5.74, 6) is 1.01. The van der Waals surface area contributed by atoms with Gasteiger partial charge in [0.25, 0.3) is 0 Å². The third kappa shape index (κ3) is 1.55. The molecular weight excluding hydrogens is 216 g/mol. The molecule has 3 nitrogen and oxygen atoms in total. The van der Waals surface area contributed by atoms with Gasteiger partial charge in [0.1, 0.15) is 5.75 Å². The maximum atomic E-state index is 12.3. The molecule has 0 fully saturated rings. The zero-order chi connectivity index (χ0) is 11.8. The first-order valence-electron chi connectivity index (χ1n) is 5.61. The lowest BCUT2D eigenvalue weighted by Crippen LogP contribution is -2.03. The standard InChI is InChI=1S/C14H12O3/c1-9-5-7-16-13(9)12(15)11-4-2-3-10-6-8-17-14(10)11/h2-5,7H,6,8H2,1H3. The third-order valence-electron chi connectivity index (χ3n) is 3.03. The van der Waals surface area contributed by atoms with Crippen molar-refractivity contribution in [2.75, 3.05) is 6.61 Å². The largest absolute Gasteiger partial charge is 0.492 e. The Balaban J connectivity index is 2.09. The molecule has 2 heterocycles. The monoisotopic (exact) mass is 228 g/mol. The van der Waals surface area contributed by atoms with Crippen molar-refractivity contribution in [1.82, 2.24) is 0 Å². The van der Waals surface area contributed by atoms with Gasteiger partial charge in [-0.05, 0) is 30.2 Å². The average Bonchev–Trinajstić information content (AvgIpc) is 2.95. The van der Waals surface area contributed by atoms with Gasteiger partial charge in [0.05, 0.1) is 18.4 Å². The lowest BCUT2D eigenvalue weighted by molar-refractivity contribution is 0.100. The molecule has 0 spiro atoms. The van der Waals surface area contributed by atoms with Crippen LogP contribution in [0.4, 0.5) is 0 Å². The number of fused-ring (bicyclic) bond motifs is 1. The van der Waals surface area contributed by atoms with Crippen LogP contribution in [0, 0.1) is 6.92 Å². The minimum Gasteiger partial charge on any atom is -0.492 e. The van der Waals surface area contributed by atoms with Crippen LogP contribution in [-0.4, -0.2) is 12.4 Å². The molecule has 0 N–H and O–H groups in total. The highest BCUT2D eigenvalue weighted by Crippen LogP contribution is 2.31. The zero-order valence-corrected chi connectivity index (χ0v) is 9.53. The van der Waals surface area contributed by atoms with E-state index < -0.39 is 0 Å². The molecule has 3 rings (SSSR count). The molecule has 86 valence electrons. The Morgan fingerprint density at radius 2 is 2.18 bits per heavy atom. The van der Waals surface area contributed by atoms with Gasteiger partial charge in [-0.15, -0.1) is 0 Å². The first-order valence-corrected chi connectivity index (χ1v) is 5.61.